The van der Waals surface area contributed by atoms with Crippen molar-refractivity contribution in [3.63, 3.8) is 0 Å². The van der Waals surface area contributed by atoms with Crippen LogP contribution in [0.5, 0.6) is 0 Å². The van der Waals surface area contributed by atoms with Gasteiger partial charge < -0.3 is 5.73 Å². The summed E-state index contributed by atoms with van der Waals surface area (Å²) in [6, 6.07) is 6.08. The second-order valence-electron chi connectivity index (χ2n) is 5.14. The lowest BCUT2D eigenvalue weighted by molar-refractivity contribution is 0.255. The summed E-state index contributed by atoms with van der Waals surface area (Å²) in [5, 5.41) is 0. The molecule has 1 heterocycles. The Kier molecular flexibility index (Phi) is 4.47. The van der Waals surface area contributed by atoms with Gasteiger partial charge in [0, 0.05) is 24.5 Å². The van der Waals surface area contributed by atoms with Crippen LogP contribution in [0.3, 0.4) is 0 Å². The lowest BCUT2D eigenvalue weighted by Crippen LogP contribution is -2.32. The van der Waals surface area contributed by atoms with Crippen molar-refractivity contribution in [3.05, 3.63) is 29.3 Å². The van der Waals surface area contributed by atoms with E-state index in [9.17, 15) is 8.42 Å². The minimum Gasteiger partial charge on any atom is -0.399 e. The average Bonchev–Trinajstić information content (AvgIpc) is 2.38. The van der Waals surface area contributed by atoms with Crippen LogP contribution in [0.4, 0.5) is 5.69 Å². The maximum atomic E-state index is 11.4. The van der Waals surface area contributed by atoms with Crippen LogP contribution in [0, 0.1) is 0 Å². The third kappa shape index (κ3) is 3.94. The Morgan fingerprint density at radius 1 is 1.32 bits per heavy atom. The van der Waals surface area contributed by atoms with Gasteiger partial charge in [-0.2, -0.15) is 0 Å². The molecule has 106 valence electrons. The molecule has 0 atom stereocenters. The molecule has 0 saturated heterocycles. The SMILES string of the molecule is CCS(=O)(=O)CCCN1CCc2ccc(N)cc2C1. The molecule has 0 saturated carbocycles. The summed E-state index contributed by atoms with van der Waals surface area (Å²) in [4.78, 5) is 2.31. The molecule has 0 spiro atoms. The molecule has 1 aliphatic rings. The highest BCUT2D eigenvalue weighted by Gasteiger charge is 2.16. The van der Waals surface area contributed by atoms with Crippen LogP contribution in [0.25, 0.3) is 0 Å². The molecule has 0 radical (unpaired) electrons. The van der Waals surface area contributed by atoms with E-state index in [4.69, 9.17) is 5.73 Å². The van der Waals surface area contributed by atoms with Crippen LogP contribution in [0.15, 0.2) is 18.2 Å². The minimum absolute atomic E-state index is 0.242. The standard InChI is InChI=1S/C14H22N2O2S/c1-2-19(17,18)9-3-7-16-8-6-12-4-5-14(15)10-13(12)11-16/h4-5,10H,2-3,6-9,11,15H2,1H3. The van der Waals surface area contributed by atoms with Crippen LogP contribution in [-0.2, 0) is 22.8 Å². The topological polar surface area (TPSA) is 63.4 Å². The molecule has 4 nitrogen and oxygen atoms in total. The Balaban J connectivity index is 1.88. The molecule has 1 aromatic carbocycles. The van der Waals surface area contributed by atoms with E-state index in [2.05, 4.69) is 11.0 Å². The van der Waals surface area contributed by atoms with E-state index in [-0.39, 0.29) is 5.75 Å². The molecule has 1 aromatic rings. The number of nitrogens with zero attached hydrogens (tertiary/aromatic N) is 1. The molecule has 5 heteroatoms. The number of benzene rings is 1. The van der Waals surface area contributed by atoms with Crippen molar-refractivity contribution in [3.8, 4) is 0 Å². The Morgan fingerprint density at radius 3 is 2.84 bits per heavy atom. The fourth-order valence-electron chi connectivity index (χ4n) is 2.48. The van der Waals surface area contributed by atoms with Crippen molar-refractivity contribution in [1.29, 1.82) is 0 Å². The maximum Gasteiger partial charge on any atom is 0.150 e. The van der Waals surface area contributed by atoms with Crippen LogP contribution < -0.4 is 5.73 Å². The number of fused-ring (bicyclic) bond motifs is 1. The third-order valence-corrected chi connectivity index (χ3v) is 5.48. The van der Waals surface area contributed by atoms with Crippen molar-refractivity contribution in [2.75, 3.05) is 30.3 Å². The molecule has 0 fully saturated rings. The quantitative estimate of drug-likeness (QED) is 0.830. The number of nitrogens with two attached hydrogens (primary N) is 1. The van der Waals surface area contributed by atoms with Crippen LogP contribution >= 0.6 is 0 Å². The van der Waals surface area contributed by atoms with Gasteiger partial charge >= 0.3 is 0 Å². The van der Waals surface area contributed by atoms with E-state index in [1.807, 2.05) is 12.1 Å². The molecule has 0 amide bonds. The molecule has 1 aliphatic heterocycles. The lowest BCUT2D eigenvalue weighted by Gasteiger charge is -2.28. The number of hydrogen-bond donors (Lipinski definition) is 1. The largest absolute Gasteiger partial charge is 0.399 e. The maximum absolute atomic E-state index is 11.4. The molecule has 2 rings (SSSR count). The zero-order valence-electron chi connectivity index (χ0n) is 11.4. The average molecular weight is 282 g/mol. The van der Waals surface area contributed by atoms with Gasteiger partial charge in [0.2, 0.25) is 0 Å². The van der Waals surface area contributed by atoms with Crippen molar-refractivity contribution in [2.24, 2.45) is 0 Å². The molecule has 0 aromatic heterocycles. The minimum atomic E-state index is -2.83. The predicted octanol–water partition coefficient (Wildman–Crippen LogP) is 1.45. The van der Waals surface area contributed by atoms with Gasteiger partial charge in [0.05, 0.1) is 5.75 Å². The van der Waals surface area contributed by atoms with Crippen LogP contribution in [0.1, 0.15) is 24.5 Å². The summed E-state index contributed by atoms with van der Waals surface area (Å²) >= 11 is 0. The van der Waals surface area contributed by atoms with E-state index in [0.717, 1.165) is 31.7 Å². The fourth-order valence-corrected chi connectivity index (χ4v) is 3.34. The fraction of sp³-hybridized carbons (Fsp3) is 0.571. The van der Waals surface area contributed by atoms with Gasteiger partial charge in [-0.25, -0.2) is 8.42 Å². The lowest BCUT2D eigenvalue weighted by atomic mass is 9.99. The summed E-state index contributed by atoms with van der Waals surface area (Å²) in [6.07, 6.45) is 1.74. The summed E-state index contributed by atoms with van der Waals surface area (Å²) in [6.45, 7) is 4.43. The Labute approximate surface area is 115 Å². The van der Waals surface area contributed by atoms with Crippen LogP contribution in [0.2, 0.25) is 0 Å². The summed E-state index contributed by atoms with van der Waals surface area (Å²) < 4.78 is 22.9. The normalized spacial score (nSPS) is 16.3. The molecule has 0 unspecified atom stereocenters. The van der Waals surface area contributed by atoms with Crippen molar-refractivity contribution in [1.82, 2.24) is 4.90 Å². The summed E-state index contributed by atoms with van der Waals surface area (Å²) in [7, 11) is -2.83. The smallest absolute Gasteiger partial charge is 0.150 e. The highest BCUT2D eigenvalue weighted by molar-refractivity contribution is 7.91. The first kappa shape index (κ1) is 14.3. The number of rotatable bonds is 5. The van der Waals surface area contributed by atoms with Gasteiger partial charge in [0.25, 0.3) is 0 Å². The number of anilines is 1. The molecule has 2 N–H and O–H groups in total. The highest BCUT2D eigenvalue weighted by Crippen LogP contribution is 2.21. The first-order valence-corrected chi connectivity index (χ1v) is 8.62. The van der Waals surface area contributed by atoms with Crippen molar-refractivity contribution >= 4 is 15.5 Å². The zero-order valence-corrected chi connectivity index (χ0v) is 12.2. The van der Waals surface area contributed by atoms with Crippen molar-refractivity contribution < 1.29 is 8.42 Å². The summed E-state index contributed by atoms with van der Waals surface area (Å²) in [5.41, 5.74) is 9.25. The van der Waals surface area contributed by atoms with Gasteiger partial charge in [0.1, 0.15) is 9.84 Å². The second kappa shape index (κ2) is 5.92. The molecular weight excluding hydrogens is 260 g/mol. The van der Waals surface area contributed by atoms with E-state index >= 15 is 0 Å². The number of sulfone groups is 1. The third-order valence-electron chi connectivity index (χ3n) is 3.69. The monoisotopic (exact) mass is 282 g/mol. The van der Waals surface area contributed by atoms with E-state index in [1.165, 1.54) is 11.1 Å². The van der Waals surface area contributed by atoms with Gasteiger partial charge in [0.15, 0.2) is 0 Å². The molecule has 0 bridgehead atoms. The van der Waals surface area contributed by atoms with Crippen molar-refractivity contribution in [2.45, 2.75) is 26.3 Å². The van der Waals surface area contributed by atoms with E-state index < -0.39 is 9.84 Å². The molecular formula is C14H22N2O2S. The van der Waals surface area contributed by atoms with Crippen LogP contribution in [-0.4, -0.2) is 37.9 Å². The van der Waals surface area contributed by atoms with E-state index in [0.29, 0.717) is 12.2 Å². The molecule has 0 aliphatic carbocycles. The summed E-state index contributed by atoms with van der Waals surface area (Å²) in [5.74, 6) is 0.538. The number of nitrogen functional groups attached to an aromatic ring is 1. The highest BCUT2D eigenvalue weighted by atomic mass is 32.2. The Bertz CT molecular complexity index is 540. The van der Waals surface area contributed by atoms with Gasteiger partial charge in [-0.1, -0.05) is 13.0 Å². The van der Waals surface area contributed by atoms with Gasteiger partial charge in [-0.15, -0.1) is 0 Å². The second-order valence-corrected chi connectivity index (χ2v) is 7.62. The molecule has 19 heavy (non-hydrogen) atoms. The Morgan fingerprint density at radius 2 is 2.11 bits per heavy atom. The number of hydrogen-bond acceptors (Lipinski definition) is 4. The van der Waals surface area contributed by atoms with E-state index in [1.54, 1.807) is 6.92 Å². The predicted molar refractivity (Wildman–Crippen MR) is 78.8 cm³/mol. The van der Waals surface area contributed by atoms with Gasteiger partial charge in [-0.3, -0.25) is 4.90 Å². The Hall–Kier alpha value is -1.07. The van der Waals surface area contributed by atoms with Gasteiger partial charge in [-0.05, 0) is 42.6 Å². The first-order valence-electron chi connectivity index (χ1n) is 6.80. The zero-order chi connectivity index (χ0) is 13.9. The first-order chi connectivity index (χ1) is 9.00.